The third kappa shape index (κ3) is 2.10. The lowest BCUT2D eigenvalue weighted by atomic mass is 9.92. The number of nitrogens with zero attached hydrogens (tertiary/aromatic N) is 3. The highest BCUT2D eigenvalue weighted by molar-refractivity contribution is 5.55. The van der Waals surface area contributed by atoms with Gasteiger partial charge in [0, 0.05) is 18.7 Å². The minimum atomic E-state index is 0.593. The number of nitrogen functional groups attached to an aromatic ring is 1. The molecule has 2 unspecified atom stereocenters. The van der Waals surface area contributed by atoms with E-state index >= 15 is 0 Å². The molecule has 1 aliphatic heterocycles. The highest BCUT2D eigenvalue weighted by atomic mass is 15.2. The number of hydrogen-bond acceptors (Lipinski definition) is 4. The first-order chi connectivity index (χ1) is 7.58. The summed E-state index contributed by atoms with van der Waals surface area (Å²) in [7, 11) is 0. The summed E-state index contributed by atoms with van der Waals surface area (Å²) >= 11 is 0. The van der Waals surface area contributed by atoms with Crippen molar-refractivity contribution in [3.8, 4) is 0 Å². The molecule has 0 amide bonds. The van der Waals surface area contributed by atoms with E-state index in [-0.39, 0.29) is 0 Å². The number of anilines is 2. The van der Waals surface area contributed by atoms with E-state index in [4.69, 9.17) is 5.73 Å². The summed E-state index contributed by atoms with van der Waals surface area (Å²) in [4.78, 5) is 10.7. The number of piperidine rings is 1. The van der Waals surface area contributed by atoms with Gasteiger partial charge in [0.05, 0.1) is 0 Å². The van der Waals surface area contributed by atoms with Crippen LogP contribution in [0.4, 0.5) is 11.6 Å². The van der Waals surface area contributed by atoms with E-state index in [9.17, 15) is 0 Å². The van der Waals surface area contributed by atoms with Gasteiger partial charge in [0.2, 0.25) is 0 Å². The van der Waals surface area contributed by atoms with Crippen molar-refractivity contribution in [2.75, 3.05) is 23.7 Å². The molecule has 0 saturated carbocycles. The van der Waals surface area contributed by atoms with Gasteiger partial charge in [-0.05, 0) is 25.2 Å². The molecular formula is C12H20N4. The third-order valence-corrected chi connectivity index (χ3v) is 3.26. The summed E-state index contributed by atoms with van der Waals surface area (Å²) in [6.45, 7) is 8.73. The molecule has 0 aliphatic carbocycles. The lowest BCUT2D eigenvalue weighted by Gasteiger charge is -2.36. The van der Waals surface area contributed by atoms with Crippen LogP contribution in [0, 0.1) is 18.8 Å². The summed E-state index contributed by atoms with van der Waals surface area (Å²) < 4.78 is 0. The van der Waals surface area contributed by atoms with Crippen LogP contribution in [0.3, 0.4) is 0 Å². The molecule has 0 aromatic carbocycles. The minimum Gasteiger partial charge on any atom is -0.383 e. The van der Waals surface area contributed by atoms with Crippen molar-refractivity contribution in [2.45, 2.75) is 27.2 Å². The first-order valence-corrected chi connectivity index (χ1v) is 5.90. The molecule has 2 atom stereocenters. The molecule has 1 aromatic rings. The van der Waals surface area contributed by atoms with Gasteiger partial charge in [-0.2, -0.15) is 0 Å². The summed E-state index contributed by atoms with van der Waals surface area (Å²) in [6, 6.07) is 0. The predicted molar refractivity (Wildman–Crippen MR) is 66.3 cm³/mol. The van der Waals surface area contributed by atoms with Gasteiger partial charge in [-0.15, -0.1) is 0 Å². The van der Waals surface area contributed by atoms with Crippen LogP contribution in [0.5, 0.6) is 0 Å². The first-order valence-electron chi connectivity index (χ1n) is 5.90. The topological polar surface area (TPSA) is 55.0 Å². The number of aromatic nitrogens is 2. The van der Waals surface area contributed by atoms with Crippen LogP contribution in [0.15, 0.2) is 6.33 Å². The van der Waals surface area contributed by atoms with Gasteiger partial charge in [0.1, 0.15) is 18.0 Å². The normalized spacial score (nSPS) is 25.8. The fourth-order valence-electron chi connectivity index (χ4n) is 2.61. The van der Waals surface area contributed by atoms with Crippen LogP contribution < -0.4 is 10.6 Å². The maximum Gasteiger partial charge on any atom is 0.137 e. The second-order valence-corrected chi connectivity index (χ2v) is 5.06. The molecule has 4 nitrogen and oxygen atoms in total. The summed E-state index contributed by atoms with van der Waals surface area (Å²) in [5.41, 5.74) is 6.82. The zero-order valence-corrected chi connectivity index (χ0v) is 10.3. The summed E-state index contributed by atoms with van der Waals surface area (Å²) in [5, 5.41) is 0. The average Bonchev–Trinajstić information content (AvgIpc) is 2.20. The zero-order valence-electron chi connectivity index (χ0n) is 10.3. The molecule has 0 bridgehead atoms. The molecule has 1 fully saturated rings. The number of rotatable bonds is 1. The molecule has 88 valence electrons. The van der Waals surface area contributed by atoms with Crippen molar-refractivity contribution in [3.63, 3.8) is 0 Å². The van der Waals surface area contributed by atoms with Crippen molar-refractivity contribution in [1.82, 2.24) is 9.97 Å². The van der Waals surface area contributed by atoms with Crippen LogP contribution in [0.2, 0.25) is 0 Å². The van der Waals surface area contributed by atoms with Crippen molar-refractivity contribution in [2.24, 2.45) is 11.8 Å². The largest absolute Gasteiger partial charge is 0.383 e. The molecular weight excluding hydrogens is 200 g/mol. The van der Waals surface area contributed by atoms with E-state index in [1.807, 2.05) is 6.92 Å². The van der Waals surface area contributed by atoms with Crippen LogP contribution >= 0.6 is 0 Å². The van der Waals surface area contributed by atoms with Crippen LogP contribution in [-0.4, -0.2) is 23.1 Å². The van der Waals surface area contributed by atoms with Gasteiger partial charge < -0.3 is 10.6 Å². The summed E-state index contributed by atoms with van der Waals surface area (Å²) in [6.07, 6.45) is 2.86. The number of nitrogens with two attached hydrogens (primary N) is 1. The Morgan fingerprint density at radius 3 is 2.50 bits per heavy atom. The Labute approximate surface area is 96.9 Å². The van der Waals surface area contributed by atoms with Crippen molar-refractivity contribution < 1.29 is 0 Å². The quantitative estimate of drug-likeness (QED) is 0.784. The van der Waals surface area contributed by atoms with Crippen molar-refractivity contribution in [3.05, 3.63) is 11.9 Å². The predicted octanol–water partition coefficient (Wildman–Crippen LogP) is 1.85. The molecule has 4 heteroatoms. The molecule has 0 spiro atoms. The Hall–Kier alpha value is -1.32. The fourth-order valence-corrected chi connectivity index (χ4v) is 2.61. The molecule has 1 saturated heterocycles. The lowest BCUT2D eigenvalue weighted by molar-refractivity contribution is 0.355. The maximum atomic E-state index is 5.82. The van der Waals surface area contributed by atoms with Crippen LogP contribution in [0.25, 0.3) is 0 Å². The van der Waals surface area contributed by atoms with E-state index in [2.05, 4.69) is 28.7 Å². The zero-order chi connectivity index (χ0) is 11.7. The van der Waals surface area contributed by atoms with E-state index in [0.29, 0.717) is 5.82 Å². The van der Waals surface area contributed by atoms with Gasteiger partial charge in [-0.25, -0.2) is 9.97 Å². The maximum absolute atomic E-state index is 5.82. The number of hydrogen-bond donors (Lipinski definition) is 1. The van der Waals surface area contributed by atoms with Crippen LogP contribution in [-0.2, 0) is 0 Å². The van der Waals surface area contributed by atoms with Gasteiger partial charge in [-0.3, -0.25) is 0 Å². The monoisotopic (exact) mass is 220 g/mol. The Morgan fingerprint density at radius 2 is 1.88 bits per heavy atom. The lowest BCUT2D eigenvalue weighted by Crippen LogP contribution is -2.39. The van der Waals surface area contributed by atoms with Gasteiger partial charge in [-0.1, -0.05) is 13.8 Å². The minimum absolute atomic E-state index is 0.593. The SMILES string of the molecule is Cc1c(N)ncnc1N1CC(C)CC(C)C1. The van der Waals surface area contributed by atoms with Crippen molar-refractivity contribution in [1.29, 1.82) is 0 Å². The second-order valence-electron chi connectivity index (χ2n) is 5.06. The third-order valence-electron chi connectivity index (χ3n) is 3.26. The molecule has 1 aliphatic rings. The Kier molecular flexibility index (Phi) is 2.99. The standard InChI is InChI=1S/C12H20N4/c1-8-4-9(2)6-16(5-8)12-10(3)11(13)14-7-15-12/h7-9H,4-6H2,1-3H3,(H2,13,14,15). The molecule has 1 aromatic heterocycles. The summed E-state index contributed by atoms with van der Waals surface area (Å²) in [5.74, 6) is 3.04. The molecule has 2 heterocycles. The van der Waals surface area contributed by atoms with E-state index in [1.54, 1.807) is 6.33 Å². The fraction of sp³-hybridized carbons (Fsp3) is 0.667. The highest BCUT2D eigenvalue weighted by Gasteiger charge is 2.24. The van der Waals surface area contributed by atoms with Crippen molar-refractivity contribution >= 4 is 11.6 Å². The Bertz CT molecular complexity index is 367. The Morgan fingerprint density at radius 1 is 1.25 bits per heavy atom. The molecule has 0 radical (unpaired) electrons. The second kappa shape index (κ2) is 4.28. The van der Waals surface area contributed by atoms with E-state index < -0.39 is 0 Å². The first kappa shape index (κ1) is 11.2. The van der Waals surface area contributed by atoms with E-state index in [1.165, 1.54) is 6.42 Å². The molecule has 2 rings (SSSR count). The smallest absolute Gasteiger partial charge is 0.137 e. The molecule has 2 N–H and O–H groups in total. The van der Waals surface area contributed by atoms with E-state index in [0.717, 1.165) is 36.3 Å². The van der Waals surface area contributed by atoms with Gasteiger partial charge >= 0.3 is 0 Å². The highest BCUT2D eigenvalue weighted by Crippen LogP contribution is 2.27. The van der Waals surface area contributed by atoms with Gasteiger partial charge in [0.25, 0.3) is 0 Å². The van der Waals surface area contributed by atoms with Crippen LogP contribution in [0.1, 0.15) is 25.8 Å². The van der Waals surface area contributed by atoms with Gasteiger partial charge in [0.15, 0.2) is 0 Å². The Balaban J connectivity index is 2.26. The molecule has 16 heavy (non-hydrogen) atoms. The average molecular weight is 220 g/mol.